The van der Waals surface area contributed by atoms with E-state index < -0.39 is 0 Å². The van der Waals surface area contributed by atoms with E-state index in [-0.39, 0.29) is 12.1 Å². The minimum Gasteiger partial charge on any atom is -0.333 e. The number of nitrogens with one attached hydrogen (secondary N) is 3. The maximum Gasteiger partial charge on any atom is 0.317 e. The minimum absolute atomic E-state index is 0.00726. The van der Waals surface area contributed by atoms with Gasteiger partial charge in [0.15, 0.2) is 0 Å². The Morgan fingerprint density at radius 1 is 1.10 bits per heavy atom. The van der Waals surface area contributed by atoms with Crippen LogP contribution in [0, 0.1) is 0 Å². The fourth-order valence-corrected chi connectivity index (χ4v) is 4.35. The van der Waals surface area contributed by atoms with E-state index in [9.17, 15) is 4.79 Å². The second-order valence-corrected chi connectivity index (χ2v) is 7.67. The second kappa shape index (κ2) is 7.67. The lowest BCUT2D eigenvalue weighted by molar-refractivity contribution is 0.188. The first kappa shape index (κ1) is 17.9. The molecule has 0 bridgehead atoms. The molecule has 0 aliphatic carbocycles. The number of rotatable bonds is 3. The van der Waals surface area contributed by atoms with Gasteiger partial charge in [0, 0.05) is 61.2 Å². The largest absolute Gasteiger partial charge is 0.333 e. The van der Waals surface area contributed by atoms with Crippen LogP contribution >= 0.6 is 0 Å². The number of amides is 2. The molecule has 2 aliphatic rings. The van der Waals surface area contributed by atoms with Crippen molar-refractivity contribution >= 4 is 6.03 Å². The maximum absolute atomic E-state index is 13.1. The number of hydrogen-bond acceptors (Lipinski definition) is 4. The first-order valence-electron chi connectivity index (χ1n) is 10.1. The summed E-state index contributed by atoms with van der Waals surface area (Å²) < 4.78 is 0. The second-order valence-electron chi connectivity index (χ2n) is 7.67. The summed E-state index contributed by atoms with van der Waals surface area (Å²) in [6, 6.07) is 14.4. The van der Waals surface area contributed by atoms with Crippen molar-refractivity contribution < 1.29 is 4.79 Å². The third-order valence-electron chi connectivity index (χ3n) is 5.93. The van der Waals surface area contributed by atoms with E-state index in [1.165, 1.54) is 5.56 Å². The Kier molecular flexibility index (Phi) is 4.73. The maximum atomic E-state index is 13.1. The normalized spacial score (nSPS) is 21.0. The molecule has 0 radical (unpaired) electrons. The SMILES string of the molecule is O=C(N[C@@H]1CNC[C@H]1c1ccccc1)N1CCc2[nH]nc(-c3ccncc3)c2C1. The van der Waals surface area contributed by atoms with Crippen LogP contribution in [-0.4, -0.2) is 51.8 Å². The number of benzene rings is 1. The van der Waals surface area contributed by atoms with Gasteiger partial charge in [-0.3, -0.25) is 10.1 Å². The lowest BCUT2D eigenvalue weighted by Gasteiger charge is -2.30. The van der Waals surface area contributed by atoms with Gasteiger partial charge in [0.05, 0.1) is 18.3 Å². The summed E-state index contributed by atoms with van der Waals surface area (Å²) in [5.74, 6) is 0.293. The highest BCUT2D eigenvalue weighted by atomic mass is 16.2. The Bertz CT molecular complexity index is 987. The van der Waals surface area contributed by atoms with E-state index >= 15 is 0 Å². The molecule has 2 aromatic heterocycles. The first-order chi connectivity index (χ1) is 14.3. The number of urea groups is 1. The average Bonchev–Trinajstić information content (AvgIpc) is 3.41. The number of hydrogen-bond donors (Lipinski definition) is 3. The Morgan fingerprint density at radius 3 is 2.76 bits per heavy atom. The molecular weight excluding hydrogens is 364 g/mol. The Balaban J connectivity index is 1.31. The van der Waals surface area contributed by atoms with Crippen molar-refractivity contribution in [3.8, 4) is 11.3 Å². The highest BCUT2D eigenvalue weighted by Crippen LogP contribution is 2.28. The molecule has 2 aliphatic heterocycles. The molecule has 1 fully saturated rings. The molecular formula is C22H24N6O. The van der Waals surface area contributed by atoms with E-state index in [1.54, 1.807) is 12.4 Å². The van der Waals surface area contributed by atoms with Crippen LogP contribution in [0.5, 0.6) is 0 Å². The number of carbonyl (C=O) groups is 1. The van der Waals surface area contributed by atoms with Gasteiger partial charge in [-0.15, -0.1) is 0 Å². The number of H-pyrrole nitrogens is 1. The zero-order valence-electron chi connectivity index (χ0n) is 16.1. The predicted octanol–water partition coefficient (Wildman–Crippen LogP) is 2.29. The van der Waals surface area contributed by atoms with Crippen molar-refractivity contribution in [3.63, 3.8) is 0 Å². The molecule has 5 rings (SSSR count). The van der Waals surface area contributed by atoms with Gasteiger partial charge < -0.3 is 15.5 Å². The van der Waals surface area contributed by atoms with Crippen LogP contribution in [-0.2, 0) is 13.0 Å². The van der Waals surface area contributed by atoms with Gasteiger partial charge in [-0.05, 0) is 17.7 Å². The minimum atomic E-state index is -0.00726. The van der Waals surface area contributed by atoms with Gasteiger partial charge in [-0.25, -0.2) is 4.79 Å². The van der Waals surface area contributed by atoms with Crippen LogP contribution in [0.3, 0.4) is 0 Å². The van der Waals surface area contributed by atoms with Crippen molar-refractivity contribution in [2.24, 2.45) is 0 Å². The summed E-state index contributed by atoms with van der Waals surface area (Å²) in [6.07, 6.45) is 4.31. The van der Waals surface area contributed by atoms with Crippen LogP contribution in [0.4, 0.5) is 4.79 Å². The topological polar surface area (TPSA) is 85.9 Å². The molecule has 0 saturated carbocycles. The standard InChI is InChI=1S/C22H24N6O/c29-22(25-20-13-24-12-17(20)15-4-2-1-3-5-15)28-11-8-19-18(14-28)21(27-26-19)16-6-9-23-10-7-16/h1-7,9-10,17,20,24H,8,11-14H2,(H,25,29)(H,26,27)/t17-,20+/m0/s1. The van der Waals surface area contributed by atoms with Crippen molar-refractivity contribution in [1.82, 2.24) is 30.7 Å². The zero-order chi connectivity index (χ0) is 19.6. The van der Waals surface area contributed by atoms with E-state index in [2.05, 4.69) is 50.1 Å². The number of pyridine rings is 1. The lowest BCUT2D eigenvalue weighted by Crippen LogP contribution is -2.48. The van der Waals surface area contributed by atoms with E-state index in [4.69, 9.17) is 0 Å². The molecule has 148 valence electrons. The van der Waals surface area contributed by atoms with Gasteiger partial charge in [0.1, 0.15) is 0 Å². The Labute approximate surface area is 169 Å². The molecule has 2 atom stereocenters. The van der Waals surface area contributed by atoms with Crippen molar-refractivity contribution in [1.29, 1.82) is 0 Å². The molecule has 0 unspecified atom stereocenters. The molecule has 2 amide bonds. The highest BCUT2D eigenvalue weighted by molar-refractivity contribution is 5.76. The molecule has 0 spiro atoms. The zero-order valence-corrected chi connectivity index (χ0v) is 16.1. The summed E-state index contributed by atoms with van der Waals surface area (Å²) in [5, 5.41) is 14.3. The third-order valence-corrected chi connectivity index (χ3v) is 5.93. The summed E-state index contributed by atoms with van der Waals surface area (Å²) >= 11 is 0. The molecule has 1 aromatic carbocycles. The number of aromatic amines is 1. The number of nitrogens with zero attached hydrogens (tertiary/aromatic N) is 3. The summed E-state index contributed by atoms with van der Waals surface area (Å²) in [7, 11) is 0. The fraction of sp³-hybridized carbons (Fsp3) is 0.318. The van der Waals surface area contributed by atoms with E-state index in [0.29, 0.717) is 19.0 Å². The van der Waals surface area contributed by atoms with Gasteiger partial charge in [-0.2, -0.15) is 5.10 Å². The molecule has 29 heavy (non-hydrogen) atoms. The number of aromatic nitrogens is 3. The third kappa shape index (κ3) is 3.49. The lowest BCUT2D eigenvalue weighted by atomic mass is 9.94. The van der Waals surface area contributed by atoms with Gasteiger partial charge >= 0.3 is 6.03 Å². The average molecular weight is 388 g/mol. The molecule has 7 heteroatoms. The molecule has 4 heterocycles. The molecule has 7 nitrogen and oxygen atoms in total. The van der Waals surface area contributed by atoms with Crippen molar-refractivity contribution in [3.05, 3.63) is 71.7 Å². The van der Waals surface area contributed by atoms with E-state index in [0.717, 1.165) is 42.0 Å². The van der Waals surface area contributed by atoms with Crippen molar-refractivity contribution in [2.45, 2.75) is 24.9 Å². The molecule has 3 aromatic rings. The predicted molar refractivity (Wildman–Crippen MR) is 110 cm³/mol. The Morgan fingerprint density at radius 2 is 1.93 bits per heavy atom. The smallest absolute Gasteiger partial charge is 0.317 e. The summed E-state index contributed by atoms with van der Waals surface area (Å²) in [4.78, 5) is 19.0. The fourth-order valence-electron chi connectivity index (χ4n) is 4.35. The molecule has 3 N–H and O–H groups in total. The monoisotopic (exact) mass is 388 g/mol. The van der Waals surface area contributed by atoms with Gasteiger partial charge in [0.25, 0.3) is 0 Å². The summed E-state index contributed by atoms with van der Waals surface area (Å²) in [5.41, 5.74) is 5.40. The van der Waals surface area contributed by atoms with Crippen LogP contribution in [0.15, 0.2) is 54.9 Å². The summed E-state index contributed by atoms with van der Waals surface area (Å²) in [6.45, 7) is 2.92. The Hall–Kier alpha value is -3.19. The molecule has 1 saturated heterocycles. The van der Waals surface area contributed by atoms with Crippen LogP contribution in [0.2, 0.25) is 0 Å². The van der Waals surface area contributed by atoms with Gasteiger partial charge in [-0.1, -0.05) is 30.3 Å². The van der Waals surface area contributed by atoms with Crippen molar-refractivity contribution in [2.75, 3.05) is 19.6 Å². The van der Waals surface area contributed by atoms with Crippen LogP contribution in [0.1, 0.15) is 22.7 Å². The van der Waals surface area contributed by atoms with Gasteiger partial charge in [0.2, 0.25) is 0 Å². The van der Waals surface area contributed by atoms with Crippen LogP contribution in [0.25, 0.3) is 11.3 Å². The number of carbonyl (C=O) groups excluding carboxylic acids is 1. The highest BCUT2D eigenvalue weighted by Gasteiger charge is 2.32. The number of fused-ring (bicyclic) bond motifs is 1. The van der Waals surface area contributed by atoms with E-state index in [1.807, 2.05) is 23.1 Å². The van der Waals surface area contributed by atoms with Crippen LogP contribution < -0.4 is 10.6 Å². The first-order valence-corrected chi connectivity index (χ1v) is 10.1. The quantitative estimate of drug-likeness (QED) is 0.643.